The molecule has 0 spiro atoms. The molecule has 0 radical (unpaired) electrons. The van der Waals surface area contributed by atoms with Gasteiger partial charge >= 0.3 is 0 Å². The van der Waals surface area contributed by atoms with Crippen LogP contribution in [0.4, 0.5) is 0 Å². The largest absolute Gasteiger partial charge is 0.336 e. The molecule has 0 atom stereocenters. The summed E-state index contributed by atoms with van der Waals surface area (Å²) < 4.78 is 0. The van der Waals surface area contributed by atoms with Crippen LogP contribution in [0.1, 0.15) is 28.8 Å². The first kappa shape index (κ1) is 16.4. The average Bonchev–Trinajstić information content (AvgIpc) is 2.58. The zero-order chi connectivity index (χ0) is 16.2. The zero-order valence-electron chi connectivity index (χ0n) is 13.7. The number of hydrogen-bond acceptors (Lipinski definition) is 5. The van der Waals surface area contributed by atoms with Gasteiger partial charge in [-0.2, -0.15) is 0 Å². The van der Waals surface area contributed by atoms with Crippen molar-refractivity contribution < 1.29 is 4.79 Å². The van der Waals surface area contributed by atoms with Gasteiger partial charge in [0.25, 0.3) is 5.91 Å². The van der Waals surface area contributed by atoms with Crippen LogP contribution in [0.5, 0.6) is 0 Å². The molecule has 0 unspecified atom stereocenters. The fraction of sp³-hybridized carbons (Fsp3) is 0.588. The van der Waals surface area contributed by atoms with Crippen LogP contribution in [0, 0.1) is 0 Å². The molecule has 23 heavy (non-hydrogen) atoms. The number of piperazine rings is 1. The van der Waals surface area contributed by atoms with Crippen LogP contribution < -0.4 is 11.6 Å². The minimum absolute atomic E-state index is 0.105. The molecule has 2 heterocycles. The summed E-state index contributed by atoms with van der Waals surface area (Å²) in [6.07, 6.45) is 2.15. The predicted molar refractivity (Wildman–Crippen MR) is 90.6 cm³/mol. The lowest BCUT2D eigenvalue weighted by Gasteiger charge is -2.32. The summed E-state index contributed by atoms with van der Waals surface area (Å²) in [4.78, 5) is 16.8. The Morgan fingerprint density at radius 3 is 2.22 bits per heavy atom. The van der Waals surface area contributed by atoms with Crippen LogP contribution in [0.15, 0.2) is 24.3 Å². The van der Waals surface area contributed by atoms with Crippen molar-refractivity contribution in [3.05, 3.63) is 35.4 Å². The SMILES string of the molecule is NC1CCN(Cc2ccc(C(=O)N3CCN(N)CC3)cc2)CC1. The number of piperidine rings is 1. The quantitative estimate of drug-likeness (QED) is 0.781. The monoisotopic (exact) mass is 317 g/mol. The Labute approximate surface area is 138 Å². The highest BCUT2D eigenvalue weighted by Crippen LogP contribution is 2.14. The van der Waals surface area contributed by atoms with E-state index < -0.39 is 0 Å². The normalized spacial score (nSPS) is 21.6. The van der Waals surface area contributed by atoms with Crippen LogP contribution in [0.3, 0.4) is 0 Å². The lowest BCUT2D eigenvalue weighted by molar-refractivity contribution is 0.0638. The van der Waals surface area contributed by atoms with E-state index in [4.69, 9.17) is 11.6 Å². The molecule has 2 aliphatic heterocycles. The molecule has 2 fully saturated rings. The molecule has 6 heteroatoms. The van der Waals surface area contributed by atoms with Gasteiger partial charge in [0.05, 0.1) is 0 Å². The molecule has 1 aromatic carbocycles. The highest BCUT2D eigenvalue weighted by Gasteiger charge is 2.21. The maximum absolute atomic E-state index is 12.5. The third-order valence-corrected chi connectivity index (χ3v) is 4.84. The molecular weight excluding hydrogens is 290 g/mol. The van der Waals surface area contributed by atoms with Crippen molar-refractivity contribution >= 4 is 5.91 Å². The minimum Gasteiger partial charge on any atom is -0.336 e. The topological polar surface area (TPSA) is 78.8 Å². The molecular formula is C17H27N5O. The number of nitrogens with zero attached hydrogens (tertiary/aromatic N) is 3. The van der Waals surface area contributed by atoms with E-state index in [1.54, 1.807) is 5.01 Å². The summed E-state index contributed by atoms with van der Waals surface area (Å²) in [6.45, 7) is 5.93. The van der Waals surface area contributed by atoms with E-state index in [2.05, 4.69) is 17.0 Å². The van der Waals surface area contributed by atoms with E-state index in [1.807, 2.05) is 17.0 Å². The number of carbonyl (C=O) groups is 1. The van der Waals surface area contributed by atoms with E-state index in [0.717, 1.165) is 51.1 Å². The lowest BCUT2D eigenvalue weighted by Crippen LogP contribution is -2.51. The van der Waals surface area contributed by atoms with Gasteiger partial charge in [-0.05, 0) is 43.6 Å². The Hall–Kier alpha value is -1.47. The van der Waals surface area contributed by atoms with Gasteiger partial charge in [0.15, 0.2) is 0 Å². The Kier molecular flexibility index (Phi) is 5.27. The van der Waals surface area contributed by atoms with E-state index in [-0.39, 0.29) is 5.91 Å². The van der Waals surface area contributed by atoms with Crippen molar-refractivity contribution in [1.82, 2.24) is 14.8 Å². The number of nitrogens with two attached hydrogens (primary N) is 2. The summed E-state index contributed by atoms with van der Waals surface area (Å²) in [5.74, 6) is 5.84. The molecule has 0 aliphatic carbocycles. The lowest BCUT2D eigenvalue weighted by atomic mass is 10.0. The van der Waals surface area contributed by atoms with Crippen molar-refractivity contribution in [3.8, 4) is 0 Å². The van der Waals surface area contributed by atoms with Gasteiger partial charge in [-0.1, -0.05) is 12.1 Å². The second-order valence-corrected chi connectivity index (χ2v) is 6.64. The van der Waals surface area contributed by atoms with Crippen LogP contribution in [0.2, 0.25) is 0 Å². The fourth-order valence-corrected chi connectivity index (χ4v) is 3.23. The van der Waals surface area contributed by atoms with Gasteiger partial charge < -0.3 is 10.6 Å². The van der Waals surface area contributed by atoms with Crippen molar-refractivity contribution in [2.45, 2.75) is 25.4 Å². The first-order valence-electron chi connectivity index (χ1n) is 8.47. The summed E-state index contributed by atoms with van der Waals surface area (Å²) in [5, 5.41) is 1.76. The standard InChI is InChI=1S/C17H27N5O/c18-16-5-7-20(8-6-16)13-14-1-3-15(4-2-14)17(23)21-9-11-22(19)12-10-21/h1-4,16H,5-13,18-19H2. The van der Waals surface area contributed by atoms with Crippen LogP contribution >= 0.6 is 0 Å². The minimum atomic E-state index is 0.105. The molecule has 1 aromatic rings. The first-order chi connectivity index (χ1) is 11.1. The Balaban J connectivity index is 1.55. The number of carbonyl (C=O) groups excluding carboxylic acids is 1. The molecule has 6 nitrogen and oxygen atoms in total. The van der Waals surface area contributed by atoms with Crippen molar-refractivity contribution in [1.29, 1.82) is 0 Å². The highest BCUT2D eigenvalue weighted by atomic mass is 16.2. The maximum Gasteiger partial charge on any atom is 0.253 e. The molecule has 4 N–H and O–H groups in total. The molecule has 3 rings (SSSR count). The van der Waals surface area contributed by atoms with Crippen molar-refractivity contribution in [2.24, 2.45) is 11.6 Å². The predicted octanol–water partition coefficient (Wildman–Crippen LogP) is 0.241. The number of likely N-dealkylation sites (tertiary alicyclic amines) is 1. The Bertz CT molecular complexity index is 516. The molecule has 0 bridgehead atoms. The van der Waals surface area contributed by atoms with Crippen LogP contribution in [-0.4, -0.2) is 66.0 Å². The van der Waals surface area contributed by atoms with Crippen molar-refractivity contribution in [3.63, 3.8) is 0 Å². The fourth-order valence-electron chi connectivity index (χ4n) is 3.23. The Morgan fingerprint density at radius 2 is 1.61 bits per heavy atom. The third-order valence-electron chi connectivity index (χ3n) is 4.84. The summed E-state index contributed by atoms with van der Waals surface area (Å²) in [7, 11) is 0. The van der Waals surface area contributed by atoms with Crippen LogP contribution in [-0.2, 0) is 6.54 Å². The number of benzene rings is 1. The summed E-state index contributed by atoms with van der Waals surface area (Å²) >= 11 is 0. The molecule has 1 amide bonds. The second kappa shape index (κ2) is 7.40. The van der Waals surface area contributed by atoms with Gasteiger partial charge in [0.2, 0.25) is 0 Å². The maximum atomic E-state index is 12.5. The van der Waals surface area contributed by atoms with Gasteiger partial charge in [0.1, 0.15) is 0 Å². The van der Waals surface area contributed by atoms with E-state index in [9.17, 15) is 4.79 Å². The second-order valence-electron chi connectivity index (χ2n) is 6.64. The number of rotatable bonds is 3. The van der Waals surface area contributed by atoms with Gasteiger partial charge in [-0.3, -0.25) is 15.5 Å². The molecule has 2 saturated heterocycles. The van der Waals surface area contributed by atoms with Gasteiger partial charge in [0, 0.05) is 44.3 Å². The average molecular weight is 317 g/mol. The first-order valence-corrected chi connectivity index (χ1v) is 8.47. The van der Waals surface area contributed by atoms with E-state index in [0.29, 0.717) is 19.1 Å². The molecule has 0 aromatic heterocycles. The third kappa shape index (κ3) is 4.29. The number of hydrogen-bond donors (Lipinski definition) is 2. The Morgan fingerprint density at radius 1 is 1.00 bits per heavy atom. The number of amides is 1. The van der Waals surface area contributed by atoms with Gasteiger partial charge in [-0.25, -0.2) is 5.01 Å². The summed E-state index contributed by atoms with van der Waals surface area (Å²) in [6, 6.07) is 8.40. The summed E-state index contributed by atoms with van der Waals surface area (Å²) in [5.41, 5.74) is 7.96. The highest BCUT2D eigenvalue weighted by molar-refractivity contribution is 5.94. The molecule has 126 valence electrons. The zero-order valence-corrected chi connectivity index (χ0v) is 13.7. The van der Waals surface area contributed by atoms with Crippen molar-refractivity contribution in [2.75, 3.05) is 39.3 Å². The smallest absolute Gasteiger partial charge is 0.253 e. The van der Waals surface area contributed by atoms with Gasteiger partial charge in [-0.15, -0.1) is 0 Å². The molecule has 2 aliphatic rings. The van der Waals surface area contributed by atoms with E-state index >= 15 is 0 Å². The molecule has 0 saturated carbocycles. The van der Waals surface area contributed by atoms with E-state index in [1.165, 1.54) is 5.56 Å². The number of hydrazine groups is 1. The van der Waals surface area contributed by atoms with Crippen LogP contribution in [0.25, 0.3) is 0 Å².